The molecule has 0 atom stereocenters. The second-order valence-electron chi connectivity index (χ2n) is 5.38. The highest BCUT2D eigenvalue weighted by atomic mass is 19.1. The van der Waals surface area contributed by atoms with Crippen LogP contribution in [0.5, 0.6) is 5.75 Å². The quantitative estimate of drug-likeness (QED) is 0.692. The van der Waals surface area contributed by atoms with E-state index in [1.807, 2.05) is 12.1 Å². The predicted octanol–water partition coefficient (Wildman–Crippen LogP) is 3.33. The Morgan fingerprint density at radius 2 is 1.86 bits per heavy atom. The van der Waals surface area contributed by atoms with Crippen molar-refractivity contribution in [1.82, 2.24) is 0 Å². The monoisotopic (exact) mass is 285 g/mol. The summed E-state index contributed by atoms with van der Waals surface area (Å²) in [5, 5.41) is 0. The Balaban J connectivity index is 1.94. The molecule has 4 heteroatoms. The molecule has 0 aromatic heterocycles. The van der Waals surface area contributed by atoms with E-state index in [-0.39, 0.29) is 11.5 Å². The number of carbonyl (C=O) groups is 1. The van der Waals surface area contributed by atoms with E-state index in [1.54, 1.807) is 18.2 Å². The van der Waals surface area contributed by atoms with E-state index in [1.165, 1.54) is 19.2 Å². The smallest absolute Gasteiger partial charge is 0.173 e. The molecule has 3 nitrogen and oxygen atoms in total. The molecule has 0 amide bonds. The van der Waals surface area contributed by atoms with Gasteiger partial charge in [-0.1, -0.05) is 12.1 Å². The van der Waals surface area contributed by atoms with Crippen molar-refractivity contribution >= 4 is 11.5 Å². The Hall–Kier alpha value is -2.36. The zero-order chi connectivity index (χ0) is 15.0. The van der Waals surface area contributed by atoms with Crippen LogP contribution < -0.4 is 10.5 Å². The maximum atomic E-state index is 13.8. The van der Waals surface area contributed by atoms with Gasteiger partial charge in [-0.3, -0.25) is 4.79 Å². The number of ether oxygens (including phenoxy) is 1. The second-order valence-corrected chi connectivity index (χ2v) is 5.38. The van der Waals surface area contributed by atoms with Crippen molar-refractivity contribution in [3.8, 4) is 5.75 Å². The van der Waals surface area contributed by atoms with Crippen molar-refractivity contribution in [2.75, 3.05) is 12.8 Å². The molecule has 0 spiro atoms. The van der Waals surface area contributed by atoms with Gasteiger partial charge in [-0.15, -0.1) is 0 Å². The van der Waals surface area contributed by atoms with Crippen LogP contribution in [0.4, 0.5) is 10.1 Å². The van der Waals surface area contributed by atoms with Gasteiger partial charge in [0.15, 0.2) is 17.3 Å². The molecule has 0 bridgehead atoms. The van der Waals surface area contributed by atoms with Crippen LogP contribution in [-0.2, 0) is 5.41 Å². The molecule has 1 fully saturated rings. The summed E-state index contributed by atoms with van der Waals surface area (Å²) < 4.78 is 18.7. The van der Waals surface area contributed by atoms with Gasteiger partial charge in [0.1, 0.15) is 0 Å². The Morgan fingerprint density at radius 1 is 1.19 bits per heavy atom. The average Bonchev–Trinajstić information content (AvgIpc) is 3.29. The summed E-state index contributed by atoms with van der Waals surface area (Å²) in [6.45, 7) is 0. The summed E-state index contributed by atoms with van der Waals surface area (Å²) in [6, 6.07) is 11.7. The maximum Gasteiger partial charge on any atom is 0.173 e. The van der Waals surface area contributed by atoms with Crippen molar-refractivity contribution in [3.05, 3.63) is 59.4 Å². The highest BCUT2D eigenvalue weighted by Gasteiger charge is 2.51. The number of benzene rings is 2. The van der Waals surface area contributed by atoms with Crippen molar-refractivity contribution in [1.29, 1.82) is 0 Å². The molecule has 0 aliphatic heterocycles. The molecule has 0 saturated heterocycles. The van der Waals surface area contributed by atoms with E-state index in [2.05, 4.69) is 0 Å². The summed E-state index contributed by atoms with van der Waals surface area (Å²) in [6.07, 6.45) is 1.56. The third-order valence-corrected chi connectivity index (χ3v) is 4.06. The van der Waals surface area contributed by atoms with Gasteiger partial charge < -0.3 is 10.5 Å². The minimum Gasteiger partial charge on any atom is -0.494 e. The fraction of sp³-hybridized carbons (Fsp3) is 0.235. The van der Waals surface area contributed by atoms with Gasteiger partial charge in [0, 0.05) is 11.3 Å². The fourth-order valence-corrected chi connectivity index (χ4v) is 2.66. The largest absolute Gasteiger partial charge is 0.494 e. The molecule has 0 heterocycles. The minimum atomic E-state index is -0.519. The molecule has 2 aromatic rings. The SMILES string of the molecule is COc1ccc(C(=O)C2(c3ccc(N)cc3)CC2)cc1F. The number of Topliss-reactive ketones (excluding diaryl/α,β-unsaturated/α-hetero) is 1. The molecule has 0 unspecified atom stereocenters. The second kappa shape index (κ2) is 4.88. The highest BCUT2D eigenvalue weighted by Crippen LogP contribution is 2.50. The number of methoxy groups -OCH3 is 1. The molecule has 2 N–H and O–H groups in total. The molecule has 0 radical (unpaired) electrons. The summed E-state index contributed by atoms with van der Waals surface area (Å²) in [5.74, 6) is -0.422. The van der Waals surface area contributed by atoms with E-state index in [4.69, 9.17) is 10.5 Å². The first kappa shape index (κ1) is 13.6. The lowest BCUT2D eigenvalue weighted by molar-refractivity contribution is 0.0945. The zero-order valence-corrected chi connectivity index (χ0v) is 11.7. The van der Waals surface area contributed by atoms with Crippen molar-refractivity contribution in [2.45, 2.75) is 18.3 Å². The maximum absolute atomic E-state index is 13.8. The van der Waals surface area contributed by atoms with Gasteiger partial charge in [0.25, 0.3) is 0 Å². The molecule has 108 valence electrons. The number of nitrogens with two attached hydrogens (primary N) is 1. The Bertz CT molecular complexity index is 690. The van der Waals surface area contributed by atoms with E-state index in [9.17, 15) is 9.18 Å². The summed E-state index contributed by atoms with van der Waals surface area (Å²) in [4.78, 5) is 12.7. The van der Waals surface area contributed by atoms with E-state index in [0.717, 1.165) is 18.4 Å². The first-order chi connectivity index (χ1) is 10.1. The average molecular weight is 285 g/mol. The lowest BCUT2D eigenvalue weighted by Crippen LogP contribution is -2.20. The van der Waals surface area contributed by atoms with Crippen LogP contribution in [0.3, 0.4) is 0 Å². The Kier molecular flexibility index (Phi) is 3.16. The van der Waals surface area contributed by atoms with Gasteiger partial charge in [-0.05, 0) is 48.7 Å². The van der Waals surface area contributed by atoms with Crippen LogP contribution in [0, 0.1) is 5.82 Å². The number of hydrogen-bond donors (Lipinski definition) is 1. The first-order valence-electron chi connectivity index (χ1n) is 6.81. The van der Waals surface area contributed by atoms with E-state index >= 15 is 0 Å². The lowest BCUT2D eigenvalue weighted by atomic mass is 9.87. The van der Waals surface area contributed by atoms with Crippen LogP contribution in [0.25, 0.3) is 0 Å². The lowest BCUT2D eigenvalue weighted by Gasteiger charge is -2.15. The molecular formula is C17H16FNO2. The van der Waals surface area contributed by atoms with Gasteiger partial charge in [0.05, 0.1) is 12.5 Å². The number of rotatable bonds is 4. The van der Waals surface area contributed by atoms with Crippen LogP contribution >= 0.6 is 0 Å². The van der Waals surface area contributed by atoms with Gasteiger partial charge >= 0.3 is 0 Å². The Morgan fingerprint density at radius 3 is 2.38 bits per heavy atom. The minimum absolute atomic E-state index is 0.0474. The highest BCUT2D eigenvalue weighted by molar-refractivity contribution is 6.06. The zero-order valence-electron chi connectivity index (χ0n) is 11.7. The molecular weight excluding hydrogens is 269 g/mol. The number of halogens is 1. The predicted molar refractivity (Wildman–Crippen MR) is 79.0 cm³/mol. The van der Waals surface area contributed by atoms with E-state index < -0.39 is 11.2 Å². The van der Waals surface area contributed by atoms with Crippen molar-refractivity contribution < 1.29 is 13.9 Å². The molecule has 1 saturated carbocycles. The number of nitrogen functional groups attached to an aromatic ring is 1. The molecule has 21 heavy (non-hydrogen) atoms. The van der Waals surface area contributed by atoms with E-state index in [0.29, 0.717) is 11.3 Å². The normalized spacial score (nSPS) is 15.5. The molecule has 1 aliphatic rings. The number of anilines is 1. The molecule has 2 aromatic carbocycles. The van der Waals surface area contributed by atoms with Gasteiger partial charge in [-0.2, -0.15) is 0 Å². The molecule has 3 rings (SSSR count). The fourth-order valence-electron chi connectivity index (χ4n) is 2.66. The summed E-state index contributed by atoms with van der Waals surface area (Å²) in [5.41, 5.74) is 7.15. The first-order valence-corrected chi connectivity index (χ1v) is 6.81. The van der Waals surface area contributed by atoms with Gasteiger partial charge in [-0.25, -0.2) is 4.39 Å². The summed E-state index contributed by atoms with van der Waals surface area (Å²) >= 11 is 0. The third kappa shape index (κ3) is 2.27. The van der Waals surface area contributed by atoms with Crippen LogP contribution in [0.2, 0.25) is 0 Å². The third-order valence-electron chi connectivity index (χ3n) is 4.06. The number of ketones is 1. The van der Waals surface area contributed by atoms with Crippen LogP contribution in [0.15, 0.2) is 42.5 Å². The number of hydrogen-bond acceptors (Lipinski definition) is 3. The molecule has 1 aliphatic carbocycles. The van der Waals surface area contributed by atoms with Crippen molar-refractivity contribution in [3.63, 3.8) is 0 Å². The van der Waals surface area contributed by atoms with Gasteiger partial charge in [0.2, 0.25) is 0 Å². The number of carbonyl (C=O) groups excluding carboxylic acids is 1. The van der Waals surface area contributed by atoms with Crippen LogP contribution in [0.1, 0.15) is 28.8 Å². The van der Waals surface area contributed by atoms with Crippen molar-refractivity contribution in [2.24, 2.45) is 0 Å². The summed E-state index contributed by atoms with van der Waals surface area (Å²) in [7, 11) is 1.40. The Labute approximate surface area is 122 Å². The standard InChI is InChI=1S/C17H16FNO2/c1-21-15-7-2-11(10-14(15)18)16(20)17(8-9-17)12-3-5-13(19)6-4-12/h2-7,10H,8-9,19H2,1H3. The van der Waals surface area contributed by atoms with Crippen LogP contribution in [-0.4, -0.2) is 12.9 Å². The topological polar surface area (TPSA) is 52.3 Å².